The fourth-order valence-electron chi connectivity index (χ4n) is 2.28. The third-order valence-electron chi connectivity index (χ3n) is 3.29. The molecule has 1 unspecified atom stereocenters. The molecule has 116 valence electrons. The van der Waals surface area contributed by atoms with Crippen LogP contribution in [-0.4, -0.2) is 40.4 Å². The van der Waals surface area contributed by atoms with Crippen LogP contribution in [-0.2, 0) is 9.47 Å². The monoisotopic (exact) mass is 353 g/mol. The van der Waals surface area contributed by atoms with E-state index in [-0.39, 0.29) is 17.3 Å². The fraction of sp³-hybridized carbons (Fsp3) is 0.538. The van der Waals surface area contributed by atoms with Crippen molar-refractivity contribution in [2.75, 3.05) is 20.3 Å². The van der Waals surface area contributed by atoms with Crippen LogP contribution in [0.15, 0.2) is 12.3 Å². The summed E-state index contributed by atoms with van der Waals surface area (Å²) in [5.74, 6) is -1.24. The summed E-state index contributed by atoms with van der Waals surface area (Å²) in [4.78, 5) is 23.9. The predicted octanol–water partition coefficient (Wildman–Crippen LogP) is 3.18. The Hall–Kier alpha value is -0.750. The molecule has 0 N–H and O–H groups in total. The number of aromatic nitrogens is 1. The van der Waals surface area contributed by atoms with E-state index in [1.807, 2.05) is 0 Å². The zero-order chi connectivity index (χ0) is 15.6. The maximum absolute atomic E-state index is 12.0. The first-order chi connectivity index (χ1) is 9.84. The Balaban J connectivity index is 2.40. The van der Waals surface area contributed by atoms with Gasteiger partial charge in [0, 0.05) is 18.4 Å². The standard InChI is InChI=1S/C13H14Cl3NO4/c1-20-12(19)10-5-8(11(18)13(14,15)16)6-17(10)9-3-2-4-21-7-9/h5-6,9H,2-4,7H2,1H3. The quantitative estimate of drug-likeness (QED) is 0.475. The lowest BCUT2D eigenvalue weighted by atomic mass is 10.1. The molecule has 0 aliphatic carbocycles. The number of alkyl halides is 3. The zero-order valence-corrected chi connectivity index (χ0v) is 13.5. The van der Waals surface area contributed by atoms with Crippen LogP contribution in [0.2, 0.25) is 0 Å². The molecule has 1 aromatic rings. The van der Waals surface area contributed by atoms with Crippen LogP contribution in [0.1, 0.15) is 39.7 Å². The van der Waals surface area contributed by atoms with Gasteiger partial charge in [0.15, 0.2) is 0 Å². The van der Waals surface area contributed by atoms with Crippen LogP contribution < -0.4 is 0 Å². The lowest BCUT2D eigenvalue weighted by molar-refractivity contribution is 0.0500. The van der Waals surface area contributed by atoms with Crippen molar-refractivity contribution in [1.29, 1.82) is 0 Å². The van der Waals surface area contributed by atoms with Gasteiger partial charge >= 0.3 is 5.97 Å². The summed E-state index contributed by atoms with van der Waals surface area (Å²) in [7, 11) is 1.27. The molecule has 1 atom stereocenters. The lowest BCUT2D eigenvalue weighted by Crippen LogP contribution is -2.24. The van der Waals surface area contributed by atoms with Gasteiger partial charge in [-0.05, 0) is 18.9 Å². The lowest BCUT2D eigenvalue weighted by Gasteiger charge is -2.25. The van der Waals surface area contributed by atoms with Gasteiger partial charge in [-0.1, -0.05) is 34.8 Å². The normalized spacial score (nSPS) is 19.3. The molecular weight excluding hydrogens is 341 g/mol. The minimum atomic E-state index is -2.07. The van der Waals surface area contributed by atoms with E-state index >= 15 is 0 Å². The number of nitrogens with zero attached hydrogens (tertiary/aromatic N) is 1. The van der Waals surface area contributed by atoms with Crippen molar-refractivity contribution in [3.8, 4) is 0 Å². The van der Waals surface area contributed by atoms with E-state index < -0.39 is 15.5 Å². The summed E-state index contributed by atoms with van der Waals surface area (Å²) in [5, 5.41) is 0. The first kappa shape index (κ1) is 16.6. The summed E-state index contributed by atoms with van der Waals surface area (Å²) >= 11 is 16.8. The van der Waals surface area contributed by atoms with Crippen molar-refractivity contribution in [1.82, 2.24) is 4.57 Å². The Labute approximate surface area is 137 Å². The average Bonchev–Trinajstić information content (AvgIpc) is 2.90. The molecule has 0 radical (unpaired) electrons. The molecule has 0 bridgehead atoms. The van der Waals surface area contributed by atoms with E-state index in [4.69, 9.17) is 44.3 Å². The van der Waals surface area contributed by atoms with E-state index in [0.717, 1.165) is 12.8 Å². The number of hydrogen-bond acceptors (Lipinski definition) is 4. The second-order valence-electron chi connectivity index (χ2n) is 4.71. The molecule has 1 aliphatic heterocycles. The SMILES string of the molecule is COC(=O)c1cc(C(=O)C(Cl)(Cl)Cl)cn1C1CCCOC1. The van der Waals surface area contributed by atoms with Gasteiger partial charge in [0.25, 0.3) is 3.79 Å². The highest BCUT2D eigenvalue weighted by atomic mass is 35.6. The van der Waals surface area contributed by atoms with Gasteiger partial charge in [0.1, 0.15) is 5.69 Å². The Morgan fingerprint density at radius 3 is 2.67 bits per heavy atom. The van der Waals surface area contributed by atoms with Gasteiger partial charge in [0.2, 0.25) is 5.78 Å². The topological polar surface area (TPSA) is 57.5 Å². The van der Waals surface area contributed by atoms with Crippen molar-refractivity contribution < 1.29 is 19.1 Å². The fourth-order valence-corrected chi connectivity index (χ4v) is 2.61. The maximum atomic E-state index is 12.0. The number of esters is 1. The number of ketones is 1. The number of carbonyl (C=O) groups is 2. The third-order valence-corrected chi connectivity index (χ3v) is 3.81. The first-order valence-electron chi connectivity index (χ1n) is 6.34. The number of Topliss-reactive ketones (excluding diaryl/α,β-unsaturated/α-hetero) is 1. The molecule has 1 saturated heterocycles. The molecule has 1 fully saturated rings. The molecule has 2 heterocycles. The van der Waals surface area contributed by atoms with Crippen LogP contribution in [0.25, 0.3) is 0 Å². The molecule has 0 aromatic carbocycles. The molecule has 2 rings (SSSR count). The molecule has 0 spiro atoms. The van der Waals surface area contributed by atoms with Gasteiger partial charge in [-0.15, -0.1) is 0 Å². The van der Waals surface area contributed by atoms with Crippen molar-refractivity contribution in [2.24, 2.45) is 0 Å². The van der Waals surface area contributed by atoms with Crippen LogP contribution >= 0.6 is 34.8 Å². The Morgan fingerprint density at radius 2 is 2.14 bits per heavy atom. The molecule has 8 heteroatoms. The smallest absolute Gasteiger partial charge is 0.354 e. The van der Waals surface area contributed by atoms with Gasteiger partial charge in [0.05, 0.1) is 19.8 Å². The summed E-state index contributed by atoms with van der Waals surface area (Å²) in [5.41, 5.74) is 0.395. The van der Waals surface area contributed by atoms with Crippen molar-refractivity contribution >= 4 is 46.6 Å². The van der Waals surface area contributed by atoms with Crippen LogP contribution in [0.3, 0.4) is 0 Å². The largest absolute Gasteiger partial charge is 0.464 e. The summed E-state index contributed by atoms with van der Waals surface area (Å²) in [6.07, 6.45) is 3.22. The molecule has 0 amide bonds. The number of ether oxygens (including phenoxy) is 2. The van der Waals surface area contributed by atoms with E-state index in [1.54, 1.807) is 4.57 Å². The second-order valence-corrected chi connectivity index (χ2v) is 6.99. The molecule has 21 heavy (non-hydrogen) atoms. The molecule has 1 aliphatic rings. The highest BCUT2D eigenvalue weighted by Gasteiger charge is 2.34. The van der Waals surface area contributed by atoms with Crippen molar-refractivity contribution in [3.63, 3.8) is 0 Å². The highest BCUT2D eigenvalue weighted by molar-refractivity contribution is 6.77. The minimum absolute atomic E-state index is 0.0511. The molecule has 0 saturated carbocycles. The van der Waals surface area contributed by atoms with Gasteiger partial charge < -0.3 is 14.0 Å². The zero-order valence-electron chi connectivity index (χ0n) is 11.3. The van der Waals surface area contributed by atoms with Gasteiger partial charge in [-0.2, -0.15) is 0 Å². The van der Waals surface area contributed by atoms with E-state index in [1.165, 1.54) is 19.4 Å². The predicted molar refractivity (Wildman–Crippen MR) is 79.5 cm³/mol. The van der Waals surface area contributed by atoms with E-state index in [9.17, 15) is 9.59 Å². The second kappa shape index (κ2) is 6.57. The summed E-state index contributed by atoms with van der Waals surface area (Å²) < 4.78 is 9.74. The third kappa shape index (κ3) is 3.72. The van der Waals surface area contributed by atoms with Crippen LogP contribution in [0, 0.1) is 0 Å². The van der Waals surface area contributed by atoms with Gasteiger partial charge in [-0.25, -0.2) is 4.79 Å². The average molecular weight is 355 g/mol. The Bertz CT molecular complexity index is 544. The number of methoxy groups -OCH3 is 1. The molecule has 1 aromatic heterocycles. The number of rotatable bonds is 3. The van der Waals surface area contributed by atoms with E-state index in [0.29, 0.717) is 13.2 Å². The number of hydrogen-bond donors (Lipinski definition) is 0. The van der Waals surface area contributed by atoms with Gasteiger partial charge in [-0.3, -0.25) is 4.79 Å². The maximum Gasteiger partial charge on any atom is 0.354 e. The Kier molecular flexibility index (Phi) is 5.20. The molecule has 5 nitrogen and oxygen atoms in total. The first-order valence-corrected chi connectivity index (χ1v) is 7.47. The van der Waals surface area contributed by atoms with Crippen molar-refractivity contribution in [2.45, 2.75) is 22.7 Å². The van der Waals surface area contributed by atoms with Crippen LogP contribution in [0.4, 0.5) is 0 Å². The highest BCUT2D eigenvalue weighted by Crippen LogP contribution is 2.32. The Morgan fingerprint density at radius 1 is 1.43 bits per heavy atom. The summed E-state index contributed by atoms with van der Waals surface area (Å²) in [6.45, 7) is 1.14. The van der Waals surface area contributed by atoms with E-state index in [2.05, 4.69) is 0 Å². The molecular formula is C13H14Cl3NO4. The minimum Gasteiger partial charge on any atom is -0.464 e. The van der Waals surface area contributed by atoms with Crippen LogP contribution in [0.5, 0.6) is 0 Å². The van der Waals surface area contributed by atoms with Crippen molar-refractivity contribution in [3.05, 3.63) is 23.5 Å². The number of halogens is 3. The number of carbonyl (C=O) groups excluding carboxylic acids is 2. The summed E-state index contributed by atoms with van der Waals surface area (Å²) in [6, 6.07) is 1.33.